The number of rotatable bonds is 4. The van der Waals surface area contributed by atoms with Crippen molar-refractivity contribution >= 4 is 23.3 Å². The van der Waals surface area contributed by atoms with E-state index in [1.54, 1.807) is 16.2 Å². The molecule has 1 aromatic heterocycles. The van der Waals surface area contributed by atoms with E-state index >= 15 is 0 Å². The maximum atomic E-state index is 12.4. The molecule has 23 heavy (non-hydrogen) atoms. The maximum absolute atomic E-state index is 12.4. The van der Waals surface area contributed by atoms with Crippen LogP contribution < -0.4 is 10.6 Å². The number of hydrogen-bond acceptors (Lipinski definition) is 4. The standard InChI is InChI=1S/C16H24N4O2S/c1-11-10-23-15(18-11)7-4-8-17-16(22)20-9-14(21)19-12-5-2-3-6-13(12)20/h10,12-13H,2-9H2,1H3,(H,17,22)(H,19,21). The van der Waals surface area contributed by atoms with E-state index in [9.17, 15) is 9.59 Å². The van der Waals surface area contributed by atoms with Gasteiger partial charge in [-0.25, -0.2) is 9.78 Å². The molecule has 7 heteroatoms. The molecule has 0 radical (unpaired) electrons. The van der Waals surface area contributed by atoms with Gasteiger partial charge in [0.2, 0.25) is 5.91 Å². The summed E-state index contributed by atoms with van der Waals surface area (Å²) in [5.41, 5.74) is 1.05. The molecule has 2 fully saturated rings. The summed E-state index contributed by atoms with van der Waals surface area (Å²) in [6, 6.07) is 0.184. The summed E-state index contributed by atoms with van der Waals surface area (Å²) in [6.45, 7) is 2.79. The van der Waals surface area contributed by atoms with Gasteiger partial charge in [-0.15, -0.1) is 11.3 Å². The molecular weight excluding hydrogens is 312 g/mol. The van der Waals surface area contributed by atoms with Crippen molar-refractivity contribution in [3.8, 4) is 0 Å². The van der Waals surface area contributed by atoms with Crippen molar-refractivity contribution in [1.29, 1.82) is 0 Å². The molecule has 0 spiro atoms. The summed E-state index contributed by atoms with van der Waals surface area (Å²) in [4.78, 5) is 30.4. The zero-order valence-electron chi connectivity index (χ0n) is 13.5. The van der Waals surface area contributed by atoms with Crippen molar-refractivity contribution < 1.29 is 9.59 Å². The Balaban J connectivity index is 1.47. The smallest absolute Gasteiger partial charge is 0.318 e. The van der Waals surface area contributed by atoms with Crippen LogP contribution in [0.25, 0.3) is 0 Å². The molecule has 2 heterocycles. The van der Waals surface area contributed by atoms with E-state index in [-0.39, 0.29) is 30.6 Å². The van der Waals surface area contributed by atoms with Crippen molar-refractivity contribution in [3.05, 3.63) is 16.1 Å². The van der Waals surface area contributed by atoms with Crippen molar-refractivity contribution in [2.75, 3.05) is 13.1 Å². The average molecular weight is 336 g/mol. The van der Waals surface area contributed by atoms with E-state index in [1.165, 1.54) is 0 Å². The number of piperazine rings is 1. The summed E-state index contributed by atoms with van der Waals surface area (Å²) in [7, 11) is 0. The zero-order valence-corrected chi connectivity index (χ0v) is 14.3. The van der Waals surface area contributed by atoms with E-state index in [2.05, 4.69) is 15.6 Å². The van der Waals surface area contributed by atoms with Gasteiger partial charge in [0, 0.05) is 30.1 Å². The van der Waals surface area contributed by atoms with Crippen LogP contribution in [0.3, 0.4) is 0 Å². The van der Waals surface area contributed by atoms with Gasteiger partial charge in [-0.05, 0) is 26.2 Å². The maximum Gasteiger partial charge on any atom is 0.318 e. The predicted molar refractivity (Wildman–Crippen MR) is 89.5 cm³/mol. The van der Waals surface area contributed by atoms with E-state index < -0.39 is 0 Å². The molecule has 3 amide bonds. The van der Waals surface area contributed by atoms with Gasteiger partial charge in [0.05, 0.1) is 11.0 Å². The highest BCUT2D eigenvalue weighted by molar-refractivity contribution is 7.09. The molecule has 6 nitrogen and oxygen atoms in total. The molecular formula is C16H24N4O2S. The van der Waals surface area contributed by atoms with Crippen LogP contribution >= 0.6 is 11.3 Å². The number of thiazole rings is 1. The minimum atomic E-state index is -0.105. The van der Waals surface area contributed by atoms with Gasteiger partial charge in [0.1, 0.15) is 6.54 Å². The third-order valence-corrected chi connectivity index (χ3v) is 5.59. The highest BCUT2D eigenvalue weighted by atomic mass is 32.1. The van der Waals surface area contributed by atoms with Crippen LogP contribution in [0.15, 0.2) is 5.38 Å². The number of urea groups is 1. The topological polar surface area (TPSA) is 74.3 Å². The first kappa shape index (κ1) is 16.2. The third-order valence-electron chi connectivity index (χ3n) is 4.56. The third kappa shape index (κ3) is 4.02. The van der Waals surface area contributed by atoms with Gasteiger partial charge < -0.3 is 15.5 Å². The fourth-order valence-corrected chi connectivity index (χ4v) is 4.27. The monoisotopic (exact) mass is 336 g/mol. The molecule has 1 saturated carbocycles. The number of amides is 3. The second-order valence-corrected chi connectivity index (χ2v) is 7.31. The summed E-state index contributed by atoms with van der Waals surface area (Å²) >= 11 is 1.66. The molecule has 3 rings (SSSR count). The lowest BCUT2D eigenvalue weighted by Crippen LogP contribution is -2.64. The van der Waals surface area contributed by atoms with Crippen molar-refractivity contribution in [1.82, 2.24) is 20.5 Å². The Morgan fingerprint density at radius 2 is 2.30 bits per heavy atom. The lowest BCUT2D eigenvalue weighted by molar-refractivity contribution is -0.126. The molecule has 1 saturated heterocycles. The predicted octanol–water partition coefficient (Wildman–Crippen LogP) is 1.84. The SMILES string of the molecule is Cc1csc(CCCNC(=O)N2CC(=O)NC3CCCCC32)n1. The Morgan fingerprint density at radius 3 is 3.09 bits per heavy atom. The Bertz CT molecular complexity index is 574. The first-order valence-corrected chi connectivity index (χ1v) is 9.26. The van der Waals surface area contributed by atoms with Gasteiger partial charge in [-0.2, -0.15) is 0 Å². The summed E-state index contributed by atoms with van der Waals surface area (Å²) in [5, 5.41) is 9.15. The molecule has 126 valence electrons. The fourth-order valence-electron chi connectivity index (χ4n) is 3.45. The number of aryl methyl sites for hydroxylation is 2. The van der Waals surface area contributed by atoms with Crippen LogP contribution in [-0.4, -0.2) is 47.0 Å². The van der Waals surface area contributed by atoms with Gasteiger partial charge in [0.25, 0.3) is 0 Å². The van der Waals surface area contributed by atoms with Crippen molar-refractivity contribution in [2.24, 2.45) is 0 Å². The van der Waals surface area contributed by atoms with E-state index in [0.717, 1.165) is 49.2 Å². The van der Waals surface area contributed by atoms with Crippen LogP contribution in [0.5, 0.6) is 0 Å². The molecule has 0 bridgehead atoms. The lowest BCUT2D eigenvalue weighted by Gasteiger charge is -2.43. The molecule has 2 atom stereocenters. The first-order chi connectivity index (χ1) is 11.1. The van der Waals surface area contributed by atoms with Gasteiger partial charge in [-0.3, -0.25) is 4.79 Å². The van der Waals surface area contributed by atoms with Crippen molar-refractivity contribution in [3.63, 3.8) is 0 Å². The first-order valence-electron chi connectivity index (χ1n) is 8.38. The number of carbonyl (C=O) groups excluding carboxylic acids is 2. The van der Waals surface area contributed by atoms with E-state index in [1.807, 2.05) is 12.3 Å². The second-order valence-electron chi connectivity index (χ2n) is 6.37. The number of aromatic nitrogens is 1. The molecule has 2 unspecified atom stereocenters. The summed E-state index contributed by atoms with van der Waals surface area (Å²) in [5.74, 6) is -0.0402. The highest BCUT2D eigenvalue weighted by Crippen LogP contribution is 2.25. The minimum Gasteiger partial charge on any atom is -0.350 e. The number of nitrogens with zero attached hydrogens (tertiary/aromatic N) is 2. The van der Waals surface area contributed by atoms with E-state index in [0.29, 0.717) is 6.54 Å². The van der Waals surface area contributed by atoms with E-state index in [4.69, 9.17) is 0 Å². The van der Waals surface area contributed by atoms with Crippen molar-refractivity contribution in [2.45, 2.75) is 57.5 Å². The number of carbonyl (C=O) groups is 2. The summed E-state index contributed by atoms with van der Waals surface area (Å²) in [6.07, 6.45) is 5.97. The quantitative estimate of drug-likeness (QED) is 0.824. The largest absolute Gasteiger partial charge is 0.350 e. The summed E-state index contributed by atoms with van der Waals surface area (Å²) < 4.78 is 0. The molecule has 0 aromatic carbocycles. The molecule has 1 aliphatic carbocycles. The number of fused-ring (bicyclic) bond motifs is 1. The normalized spacial score (nSPS) is 24.0. The molecule has 2 aliphatic rings. The average Bonchev–Trinajstić information content (AvgIpc) is 2.96. The van der Waals surface area contributed by atoms with Crippen LogP contribution in [0.4, 0.5) is 4.79 Å². The molecule has 2 N–H and O–H groups in total. The highest BCUT2D eigenvalue weighted by Gasteiger charge is 2.38. The van der Waals surface area contributed by atoms with Crippen LogP contribution in [0, 0.1) is 6.92 Å². The number of hydrogen-bond donors (Lipinski definition) is 2. The van der Waals surface area contributed by atoms with Crippen LogP contribution in [0.1, 0.15) is 42.8 Å². The van der Waals surface area contributed by atoms with Crippen LogP contribution in [-0.2, 0) is 11.2 Å². The van der Waals surface area contributed by atoms with Crippen LogP contribution in [0.2, 0.25) is 0 Å². The fraction of sp³-hybridized carbons (Fsp3) is 0.688. The van der Waals surface area contributed by atoms with Gasteiger partial charge >= 0.3 is 6.03 Å². The number of nitrogens with one attached hydrogen (secondary N) is 2. The Kier molecular flexibility index (Phi) is 5.15. The molecule has 1 aliphatic heterocycles. The second kappa shape index (κ2) is 7.29. The Hall–Kier alpha value is -1.63. The lowest BCUT2D eigenvalue weighted by atomic mass is 9.87. The zero-order chi connectivity index (χ0) is 16.2. The van der Waals surface area contributed by atoms with Gasteiger partial charge in [0.15, 0.2) is 0 Å². The molecule has 1 aromatic rings. The Labute approximate surface area is 140 Å². The minimum absolute atomic E-state index is 0.0402. The Morgan fingerprint density at radius 1 is 1.48 bits per heavy atom. The van der Waals surface area contributed by atoms with Gasteiger partial charge in [-0.1, -0.05) is 12.8 Å².